The molecule has 0 spiro atoms. The Hall–Kier alpha value is -2.85. The predicted octanol–water partition coefficient (Wildman–Crippen LogP) is 2.73. The number of alkyl halides is 3. The molecule has 1 heterocycles. The third-order valence-corrected chi connectivity index (χ3v) is 5.36. The minimum atomic E-state index is -4.44. The number of rotatable bonds is 6. The van der Waals surface area contributed by atoms with Crippen molar-refractivity contribution in [2.75, 3.05) is 0 Å². The van der Waals surface area contributed by atoms with Gasteiger partial charge in [0.2, 0.25) is 0 Å². The Morgan fingerprint density at radius 2 is 1.84 bits per heavy atom. The second-order valence-electron chi connectivity index (χ2n) is 7.97. The van der Waals surface area contributed by atoms with E-state index < -0.39 is 36.8 Å². The number of fused-ring (bicyclic) bond motifs is 1. The van der Waals surface area contributed by atoms with Crippen LogP contribution in [0.25, 0.3) is 0 Å². The molecule has 170 valence electrons. The van der Waals surface area contributed by atoms with Gasteiger partial charge in [0.15, 0.2) is 0 Å². The van der Waals surface area contributed by atoms with E-state index in [2.05, 4.69) is 5.32 Å². The Labute approximate surface area is 183 Å². The second-order valence-corrected chi connectivity index (χ2v) is 7.97. The van der Waals surface area contributed by atoms with E-state index in [-0.39, 0.29) is 19.1 Å². The average Bonchev–Trinajstić information content (AvgIpc) is 3.11. The van der Waals surface area contributed by atoms with E-state index in [9.17, 15) is 27.8 Å². The van der Waals surface area contributed by atoms with Gasteiger partial charge in [-0.05, 0) is 53.2 Å². The summed E-state index contributed by atoms with van der Waals surface area (Å²) in [5.41, 5.74) is 1.80. The second kappa shape index (κ2) is 9.34. The van der Waals surface area contributed by atoms with Crippen molar-refractivity contribution in [3.63, 3.8) is 0 Å². The lowest BCUT2D eigenvalue weighted by Gasteiger charge is -2.22. The van der Waals surface area contributed by atoms with Crippen LogP contribution in [0.15, 0.2) is 36.4 Å². The molecule has 0 aliphatic carbocycles. The fraction of sp³-hybridized carbons (Fsp3) is 0.364. The van der Waals surface area contributed by atoms with Gasteiger partial charge in [-0.1, -0.05) is 32.0 Å². The van der Waals surface area contributed by atoms with Gasteiger partial charge in [-0.3, -0.25) is 4.79 Å². The van der Waals surface area contributed by atoms with Gasteiger partial charge < -0.3 is 19.7 Å². The van der Waals surface area contributed by atoms with Gasteiger partial charge in [0.1, 0.15) is 12.6 Å². The minimum absolute atomic E-state index is 0.225. The zero-order valence-corrected chi connectivity index (χ0v) is 17.8. The summed E-state index contributed by atoms with van der Waals surface area (Å²) in [6, 6.07) is 6.64. The fourth-order valence-electron chi connectivity index (χ4n) is 3.50. The molecule has 0 bridgehead atoms. The molecule has 2 aromatic carbocycles. The first-order valence-corrected chi connectivity index (χ1v) is 10.0. The fourth-order valence-corrected chi connectivity index (χ4v) is 3.50. The molecule has 0 fully saturated rings. The average molecular weight is 449 g/mol. The van der Waals surface area contributed by atoms with Crippen molar-refractivity contribution in [2.45, 2.75) is 46.2 Å². The van der Waals surface area contributed by atoms with E-state index in [1.165, 1.54) is 12.1 Å². The first-order chi connectivity index (χ1) is 15.0. The summed E-state index contributed by atoms with van der Waals surface area (Å²) in [5, 5.41) is 12.6. The molecule has 1 amide bonds. The molecule has 0 saturated heterocycles. The molecule has 3 rings (SSSR count). The molecule has 0 radical (unpaired) electrons. The van der Waals surface area contributed by atoms with Crippen molar-refractivity contribution in [3.8, 4) is 0 Å². The van der Waals surface area contributed by atoms with Crippen LogP contribution in [0.4, 0.5) is 13.2 Å². The highest BCUT2D eigenvalue weighted by Crippen LogP contribution is 2.29. The molecular weight excluding hydrogens is 426 g/mol. The van der Waals surface area contributed by atoms with Crippen molar-refractivity contribution in [2.24, 2.45) is 5.92 Å². The Balaban J connectivity index is 1.67. The number of benzene rings is 2. The molecular formula is C22H23BF3NO5. The number of ether oxygens (including phenoxy) is 1. The zero-order valence-electron chi connectivity index (χ0n) is 17.8. The molecule has 1 atom stereocenters. The Kier molecular flexibility index (Phi) is 6.95. The van der Waals surface area contributed by atoms with E-state index in [1.54, 1.807) is 32.9 Å². The van der Waals surface area contributed by atoms with Crippen LogP contribution in [0, 0.1) is 12.8 Å². The van der Waals surface area contributed by atoms with Gasteiger partial charge in [0.05, 0.1) is 12.2 Å². The summed E-state index contributed by atoms with van der Waals surface area (Å²) in [4.78, 5) is 25.4. The molecule has 2 N–H and O–H groups in total. The normalized spacial score (nSPS) is 14.3. The maximum absolute atomic E-state index is 12.8. The van der Waals surface area contributed by atoms with E-state index >= 15 is 0 Å². The topological polar surface area (TPSA) is 84.9 Å². The maximum atomic E-state index is 12.8. The summed E-state index contributed by atoms with van der Waals surface area (Å²) in [6.45, 7) is 5.19. The van der Waals surface area contributed by atoms with Gasteiger partial charge in [0.25, 0.3) is 5.91 Å². The summed E-state index contributed by atoms with van der Waals surface area (Å²) < 4.78 is 48.4. The van der Waals surface area contributed by atoms with E-state index in [4.69, 9.17) is 9.39 Å². The number of halogens is 3. The lowest BCUT2D eigenvalue weighted by Crippen LogP contribution is -2.46. The molecule has 0 aromatic heterocycles. The summed E-state index contributed by atoms with van der Waals surface area (Å²) in [5.74, 6) is -1.51. The first kappa shape index (κ1) is 23.8. The van der Waals surface area contributed by atoms with Crippen LogP contribution < -0.4 is 10.8 Å². The van der Waals surface area contributed by atoms with Gasteiger partial charge in [-0.2, -0.15) is 13.2 Å². The first-order valence-electron chi connectivity index (χ1n) is 10.0. The molecule has 6 nitrogen and oxygen atoms in total. The number of carbonyl (C=O) groups excluding carboxylic acids is 2. The van der Waals surface area contributed by atoms with Crippen LogP contribution >= 0.6 is 0 Å². The van der Waals surface area contributed by atoms with E-state index in [0.717, 1.165) is 17.7 Å². The highest BCUT2D eigenvalue weighted by molar-refractivity contribution is 6.62. The van der Waals surface area contributed by atoms with Gasteiger partial charge in [-0.25, -0.2) is 4.79 Å². The van der Waals surface area contributed by atoms with Crippen LogP contribution in [0.3, 0.4) is 0 Å². The number of amides is 1. The van der Waals surface area contributed by atoms with E-state index in [1.807, 2.05) is 0 Å². The van der Waals surface area contributed by atoms with Crippen molar-refractivity contribution in [3.05, 3.63) is 64.2 Å². The number of carbonyl (C=O) groups is 2. The zero-order chi connectivity index (χ0) is 23.6. The maximum Gasteiger partial charge on any atom is 0.492 e. The Morgan fingerprint density at radius 1 is 1.19 bits per heavy atom. The minimum Gasteiger partial charge on any atom is -0.459 e. The van der Waals surface area contributed by atoms with Gasteiger partial charge >= 0.3 is 19.3 Å². The SMILES string of the molecule is Cc1c(C(=O)N[C@H](C(=O)OCc2ccc(C(F)(F)F)cc2)C(C)C)ccc2c1B(O)OC2. The quantitative estimate of drug-likeness (QED) is 0.524. The van der Waals surface area contributed by atoms with Crippen molar-refractivity contribution in [1.82, 2.24) is 5.32 Å². The number of hydrogen-bond donors (Lipinski definition) is 2. The van der Waals surface area contributed by atoms with Crippen molar-refractivity contribution in [1.29, 1.82) is 0 Å². The molecule has 32 heavy (non-hydrogen) atoms. The van der Waals surface area contributed by atoms with Crippen LogP contribution in [-0.4, -0.2) is 30.1 Å². The Bertz CT molecular complexity index is 1010. The number of hydrogen-bond acceptors (Lipinski definition) is 5. The van der Waals surface area contributed by atoms with Crippen LogP contribution in [0.1, 0.15) is 46.5 Å². The molecule has 10 heteroatoms. The lowest BCUT2D eigenvalue weighted by molar-refractivity contribution is -0.148. The summed E-state index contributed by atoms with van der Waals surface area (Å²) in [6.07, 6.45) is -4.44. The molecule has 1 aliphatic rings. The highest BCUT2D eigenvalue weighted by Gasteiger charge is 2.33. The van der Waals surface area contributed by atoms with Gasteiger partial charge in [0, 0.05) is 5.56 Å². The predicted molar refractivity (Wildman–Crippen MR) is 111 cm³/mol. The number of esters is 1. The largest absolute Gasteiger partial charge is 0.492 e. The molecule has 0 saturated carbocycles. The van der Waals surface area contributed by atoms with E-state index in [0.29, 0.717) is 22.2 Å². The summed E-state index contributed by atoms with van der Waals surface area (Å²) in [7, 11) is -1.10. The van der Waals surface area contributed by atoms with Crippen LogP contribution in [0.5, 0.6) is 0 Å². The molecule has 2 aromatic rings. The smallest absolute Gasteiger partial charge is 0.459 e. The van der Waals surface area contributed by atoms with Crippen molar-refractivity contribution < 1.29 is 37.2 Å². The van der Waals surface area contributed by atoms with Crippen molar-refractivity contribution >= 4 is 24.5 Å². The third kappa shape index (κ3) is 5.13. The summed E-state index contributed by atoms with van der Waals surface area (Å²) >= 11 is 0. The third-order valence-electron chi connectivity index (χ3n) is 5.36. The van der Waals surface area contributed by atoms with Crippen LogP contribution in [-0.2, 0) is 33.6 Å². The Morgan fingerprint density at radius 3 is 2.44 bits per heavy atom. The van der Waals surface area contributed by atoms with Crippen LogP contribution in [0.2, 0.25) is 0 Å². The molecule has 0 unspecified atom stereocenters. The molecule has 1 aliphatic heterocycles. The standard InChI is InChI=1S/C22H23BF3NO5/c1-12(2)19(21(29)31-10-14-4-7-16(8-5-14)22(24,25)26)27-20(28)17-9-6-15-11-32-23(30)18(15)13(17)3/h4-9,12,19,30H,10-11H2,1-3H3,(H,27,28)/t19-/m0/s1. The lowest BCUT2D eigenvalue weighted by atomic mass is 9.75. The monoisotopic (exact) mass is 449 g/mol. The van der Waals surface area contributed by atoms with Gasteiger partial charge in [-0.15, -0.1) is 0 Å². The number of nitrogens with one attached hydrogen (secondary N) is 1. The highest BCUT2D eigenvalue weighted by atomic mass is 19.4.